The molecule has 56 valence electrons. The molecular weight excluding hydrogens is 148 g/mol. The Morgan fingerprint density at radius 3 is 2.30 bits per heavy atom. The van der Waals surface area contributed by atoms with E-state index in [1.54, 1.807) is 0 Å². The van der Waals surface area contributed by atoms with Crippen LogP contribution in [0.3, 0.4) is 0 Å². The minimum atomic E-state index is 0.400. The maximum Gasteiger partial charge on any atom is 0.0847 e. The summed E-state index contributed by atoms with van der Waals surface area (Å²) in [5, 5.41) is 7.67. The molecule has 1 rings (SSSR count). The fraction of sp³-hybridized carbons (Fsp3) is 0.571. The zero-order chi connectivity index (χ0) is 7.72. The van der Waals surface area contributed by atoms with E-state index in [2.05, 4.69) is 24.0 Å². The van der Waals surface area contributed by atoms with Gasteiger partial charge >= 0.3 is 0 Å². The number of rotatable bonds is 1. The number of nitrogens with zero attached hydrogens (tertiary/aromatic N) is 1. The van der Waals surface area contributed by atoms with Gasteiger partial charge in [-0.2, -0.15) is 5.10 Å². The topological polar surface area (TPSA) is 28.7 Å². The molecule has 0 spiro atoms. The van der Waals surface area contributed by atoms with Crippen LogP contribution in [-0.4, -0.2) is 10.2 Å². The number of halogens is 1. The number of aromatic nitrogens is 2. The highest BCUT2D eigenvalue weighted by molar-refractivity contribution is 6.31. The Hall–Kier alpha value is -0.500. The number of H-pyrrole nitrogens is 1. The Morgan fingerprint density at radius 1 is 1.50 bits per heavy atom. The van der Waals surface area contributed by atoms with Crippen molar-refractivity contribution < 1.29 is 0 Å². The van der Waals surface area contributed by atoms with Crippen molar-refractivity contribution >= 4 is 11.6 Å². The maximum atomic E-state index is 5.91. The van der Waals surface area contributed by atoms with Gasteiger partial charge in [0, 0.05) is 0 Å². The Bertz CT molecular complexity index is 228. The first-order valence-corrected chi connectivity index (χ1v) is 3.71. The summed E-state index contributed by atoms with van der Waals surface area (Å²) in [6, 6.07) is 0. The maximum absolute atomic E-state index is 5.91. The lowest BCUT2D eigenvalue weighted by Gasteiger charge is -1.97. The molecule has 0 atom stereocenters. The molecule has 1 aromatic rings. The SMILES string of the molecule is Cc1[nH]nc(C(C)C)c1Cl. The van der Waals surface area contributed by atoms with Crippen LogP contribution in [0.4, 0.5) is 0 Å². The Labute approximate surface area is 65.6 Å². The van der Waals surface area contributed by atoms with E-state index < -0.39 is 0 Å². The van der Waals surface area contributed by atoms with Crippen molar-refractivity contribution in [1.82, 2.24) is 10.2 Å². The molecule has 1 aromatic heterocycles. The summed E-state index contributed by atoms with van der Waals surface area (Å²) in [5.41, 5.74) is 1.91. The summed E-state index contributed by atoms with van der Waals surface area (Å²) >= 11 is 5.91. The van der Waals surface area contributed by atoms with Crippen LogP contribution in [0.15, 0.2) is 0 Å². The zero-order valence-corrected chi connectivity index (χ0v) is 7.16. The molecule has 10 heavy (non-hydrogen) atoms. The average molecular weight is 159 g/mol. The van der Waals surface area contributed by atoms with Gasteiger partial charge in [0.2, 0.25) is 0 Å². The van der Waals surface area contributed by atoms with E-state index >= 15 is 0 Å². The quantitative estimate of drug-likeness (QED) is 0.669. The molecule has 0 saturated carbocycles. The molecule has 0 bridgehead atoms. The van der Waals surface area contributed by atoms with E-state index in [1.807, 2.05) is 6.92 Å². The number of hydrogen-bond acceptors (Lipinski definition) is 1. The van der Waals surface area contributed by atoms with Crippen LogP contribution in [0.2, 0.25) is 5.02 Å². The minimum absolute atomic E-state index is 0.400. The molecule has 0 fully saturated rings. The van der Waals surface area contributed by atoms with E-state index in [0.717, 1.165) is 16.4 Å². The van der Waals surface area contributed by atoms with Gasteiger partial charge in [0.1, 0.15) is 0 Å². The molecular formula is C7H11ClN2. The Morgan fingerprint density at radius 2 is 2.10 bits per heavy atom. The van der Waals surface area contributed by atoms with Crippen molar-refractivity contribution in [3.8, 4) is 0 Å². The normalized spacial score (nSPS) is 10.9. The summed E-state index contributed by atoms with van der Waals surface area (Å²) in [6.45, 7) is 6.06. The van der Waals surface area contributed by atoms with Gasteiger partial charge in [0.15, 0.2) is 0 Å². The fourth-order valence-electron chi connectivity index (χ4n) is 0.817. The monoisotopic (exact) mass is 158 g/mol. The van der Waals surface area contributed by atoms with E-state index in [4.69, 9.17) is 11.6 Å². The van der Waals surface area contributed by atoms with Gasteiger partial charge in [-0.05, 0) is 12.8 Å². The van der Waals surface area contributed by atoms with Crippen LogP contribution < -0.4 is 0 Å². The number of aromatic amines is 1. The lowest BCUT2D eigenvalue weighted by atomic mass is 10.1. The fourth-order valence-corrected chi connectivity index (χ4v) is 1.12. The highest BCUT2D eigenvalue weighted by atomic mass is 35.5. The molecule has 0 radical (unpaired) electrons. The molecule has 1 N–H and O–H groups in total. The molecule has 0 aromatic carbocycles. The first-order chi connectivity index (χ1) is 4.63. The van der Waals surface area contributed by atoms with Crippen molar-refractivity contribution in [2.45, 2.75) is 26.7 Å². The summed E-state index contributed by atoms with van der Waals surface area (Å²) in [4.78, 5) is 0. The standard InChI is InChI=1S/C7H11ClN2/c1-4(2)7-6(8)5(3)9-10-7/h4H,1-3H3,(H,9,10). The van der Waals surface area contributed by atoms with Gasteiger partial charge in [0.05, 0.1) is 16.4 Å². The molecule has 3 heteroatoms. The van der Waals surface area contributed by atoms with Crippen molar-refractivity contribution in [2.24, 2.45) is 0 Å². The van der Waals surface area contributed by atoms with Crippen LogP contribution in [0.5, 0.6) is 0 Å². The summed E-state index contributed by atoms with van der Waals surface area (Å²) < 4.78 is 0. The second-order valence-electron chi connectivity index (χ2n) is 2.70. The lowest BCUT2D eigenvalue weighted by molar-refractivity contribution is 0.810. The van der Waals surface area contributed by atoms with Crippen LogP contribution in [0, 0.1) is 6.92 Å². The molecule has 2 nitrogen and oxygen atoms in total. The second-order valence-corrected chi connectivity index (χ2v) is 3.08. The highest BCUT2D eigenvalue weighted by Gasteiger charge is 2.09. The first-order valence-electron chi connectivity index (χ1n) is 3.33. The third-order valence-electron chi connectivity index (χ3n) is 1.45. The summed E-state index contributed by atoms with van der Waals surface area (Å²) in [5.74, 6) is 0.400. The van der Waals surface area contributed by atoms with Gasteiger partial charge in [-0.1, -0.05) is 25.4 Å². The first kappa shape index (κ1) is 7.61. The van der Waals surface area contributed by atoms with Crippen molar-refractivity contribution in [1.29, 1.82) is 0 Å². The van der Waals surface area contributed by atoms with Gasteiger partial charge < -0.3 is 0 Å². The predicted molar refractivity (Wildman–Crippen MR) is 42.4 cm³/mol. The van der Waals surface area contributed by atoms with E-state index in [1.165, 1.54) is 0 Å². The zero-order valence-electron chi connectivity index (χ0n) is 6.40. The van der Waals surface area contributed by atoms with E-state index in [-0.39, 0.29) is 0 Å². The number of hydrogen-bond donors (Lipinski definition) is 1. The van der Waals surface area contributed by atoms with Crippen LogP contribution in [0.25, 0.3) is 0 Å². The molecule has 0 saturated heterocycles. The third kappa shape index (κ3) is 1.16. The number of aryl methyl sites for hydroxylation is 1. The second kappa shape index (κ2) is 2.62. The van der Waals surface area contributed by atoms with Gasteiger partial charge in [-0.15, -0.1) is 0 Å². The summed E-state index contributed by atoms with van der Waals surface area (Å²) in [7, 11) is 0. The minimum Gasteiger partial charge on any atom is -0.281 e. The molecule has 0 amide bonds. The molecule has 0 aliphatic rings. The van der Waals surface area contributed by atoms with E-state index in [0.29, 0.717) is 5.92 Å². The van der Waals surface area contributed by atoms with Gasteiger partial charge in [-0.3, -0.25) is 5.10 Å². The van der Waals surface area contributed by atoms with Crippen LogP contribution in [0.1, 0.15) is 31.2 Å². The predicted octanol–water partition coefficient (Wildman–Crippen LogP) is 2.49. The van der Waals surface area contributed by atoms with Crippen LogP contribution >= 0.6 is 11.6 Å². The molecule has 1 heterocycles. The van der Waals surface area contributed by atoms with Crippen molar-refractivity contribution in [2.75, 3.05) is 0 Å². The van der Waals surface area contributed by atoms with Gasteiger partial charge in [0.25, 0.3) is 0 Å². The Balaban J connectivity index is 3.05. The van der Waals surface area contributed by atoms with Gasteiger partial charge in [-0.25, -0.2) is 0 Å². The largest absolute Gasteiger partial charge is 0.281 e. The Kier molecular flexibility index (Phi) is 2.00. The number of nitrogens with one attached hydrogen (secondary N) is 1. The van der Waals surface area contributed by atoms with E-state index in [9.17, 15) is 0 Å². The average Bonchev–Trinajstić information content (AvgIpc) is 2.14. The smallest absolute Gasteiger partial charge is 0.0847 e. The summed E-state index contributed by atoms with van der Waals surface area (Å²) in [6.07, 6.45) is 0. The molecule has 0 unspecified atom stereocenters. The lowest BCUT2D eigenvalue weighted by Crippen LogP contribution is -1.87. The van der Waals surface area contributed by atoms with Crippen molar-refractivity contribution in [3.05, 3.63) is 16.4 Å². The molecule has 0 aliphatic heterocycles. The van der Waals surface area contributed by atoms with Crippen molar-refractivity contribution in [3.63, 3.8) is 0 Å². The van der Waals surface area contributed by atoms with Crippen LogP contribution in [-0.2, 0) is 0 Å². The third-order valence-corrected chi connectivity index (χ3v) is 1.92. The highest BCUT2D eigenvalue weighted by Crippen LogP contribution is 2.23. The molecule has 0 aliphatic carbocycles.